The summed E-state index contributed by atoms with van der Waals surface area (Å²) in [5.41, 5.74) is 1.48. The van der Waals surface area contributed by atoms with E-state index in [0.717, 1.165) is 5.56 Å². The first-order chi connectivity index (χ1) is 10.1. The van der Waals surface area contributed by atoms with Crippen LogP contribution in [-0.2, 0) is 4.74 Å². The summed E-state index contributed by atoms with van der Waals surface area (Å²) in [7, 11) is 0. The minimum atomic E-state index is 0.0354. The highest BCUT2D eigenvalue weighted by atomic mass is 16.5. The molecule has 4 nitrogen and oxygen atoms in total. The Hall–Kier alpha value is -3.24. The highest BCUT2D eigenvalue weighted by Gasteiger charge is 2.10. The van der Waals surface area contributed by atoms with Crippen LogP contribution >= 0.6 is 0 Å². The summed E-state index contributed by atoms with van der Waals surface area (Å²) < 4.78 is 5.54. The Morgan fingerprint density at radius 3 is 2.62 bits per heavy atom. The number of phenolic OH excluding ortho intramolecular Hbond substituents is 1. The predicted molar refractivity (Wildman–Crippen MR) is 79.3 cm³/mol. The van der Waals surface area contributed by atoms with Gasteiger partial charge in [-0.2, -0.15) is 0 Å². The van der Waals surface area contributed by atoms with Crippen LogP contribution in [-0.4, -0.2) is 5.11 Å². The molecule has 2 rings (SSSR count). The molecule has 21 heavy (non-hydrogen) atoms. The third-order valence-corrected chi connectivity index (χ3v) is 2.76. The third-order valence-electron chi connectivity index (χ3n) is 2.76. The molecule has 0 bridgehead atoms. The van der Waals surface area contributed by atoms with Crippen molar-refractivity contribution in [1.29, 1.82) is 5.26 Å². The van der Waals surface area contributed by atoms with E-state index >= 15 is 0 Å². The number of allylic oxidation sites excluding steroid dienone is 6. The van der Waals surface area contributed by atoms with Crippen molar-refractivity contribution in [2.75, 3.05) is 0 Å². The van der Waals surface area contributed by atoms with Crippen molar-refractivity contribution in [1.82, 2.24) is 0 Å². The summed E-state index contributed by atoms with van der Waals surface area (Å²) >= 11 is 0. The Balaban J connectivity index is 2.29. The van der Waals surface area contributed by atoms with Crippen LogP contribution in [0.3, 0.4) is 0 Å². The molecule has 0 saturated heterocycles. The molecule has 1 N–H and O–H groups in total. The first-order valence-corrected chi connectivity index (χ1v) is 6.19. The van der Waals surface area contributed by atoms with E-state index in [1.54, 1.807) is 49.4 Å². The van der Waals surface area contributed by atoms with Gasteiger partial charge in [0.1, 0.15) is 17.3 Å². The van der Waals surface area contributed by atoms with E-state index in [-0.39, 0.29) is 11.4 Å². The second kappa shape index (κ2) is 6.27. The lowest BCUT2D eigenvalue weighted by molar-refractivity contribution is 0.318. The monoisotopic (exact) mass is 276 g/mol. The summed E-state index contributed by atoms with van der Waals surface area (Å²) in [4.78, 5) is 3.20. The topological polar surface area (TPSA) is 57.6 Å². The van der Waals surface area contributed by atoms with Crippen LogP contribution in [0.1, 0.15) is 12.5 Å². The first kappa shape index (κ1) is 14.2. The maximum atomic E-state index is 9.23. The van der Waals surface area contributed by atoms with Gasteiger partial charge >= 0.3 is 0 Å². The van der Waals surface area contributed by atoms with Crippen molar-refractivity contribution in [3.8, 4) is 11.8 Å². The zero-order valence-corrected chi connectivity index (χ0v) is 11.4. The minimum absolute atomic E-state index is 0.0354. The number of rotatable bonds is 2. The van der Waals surface area contributed by atoms with Crippen molar-refractivity contribution < 1.29 is 9.84 Å². The second-order valence-corrected chi connectivity index (χ2v) is 4.36. The Bertz CT molecular complexity index is 735. The number of hydrogen-bond acceptors (Lipinski definition) is 3. The van der Waals surface area contributed by atoms with Gasteiger partial charge < -0.3 is 9.84 Å². The second-order valence-electron chi connectivity index (χ2n) is 4.36. The van der Waals surface area contributed by atoms with Gasteiger partial charge in [-0.1, -0.05) is 18.2 Å². The standard InChI is InChI=1S/C17H12N2O2/c1-12-9-14(17(11-18)19-2)10-16(21-12)8-5-13-3-6-15(20)7-4-13/h3-10,20H,1H3. The molecular weight excluding hydrogens is 264 g/mol. The van der Waals surface area contributed by atoms with Crippen LogP contribution in [0.4, 0.5) is 0 Å². The quantitative estimate of drug-likeness (QED) is 0.658. The lowest BCUT2D eigenvalue weighted by Gasteiger charge is -2.13. The van der Waals surface area contributed by atoms with Gasteiger partial charge in [-0.15, -0.1) is 0 Å². The Morgan fingerprint density at radius 2 is 2.00 bits per heavy atom. The fourth-order valence-corrected chi connectivity index (χ4v) is 1.80. The SMILES string of the molecule is [C-]#[N+]C(C#N)=C1C=C(C)OC(C=Cc2ccc(O)cc2)=C1. The highest BCUT2D eigenvalue weighted by Crippen LogP contribution is 2.23. The molecule has 0 unspecified atom stereocenters. The van der Waals surface area contributed by atoms with E-state index in [9.17, 15) is 5.11 Å². The van der Waals surface area contributed by atoms with Crippen molar-refractivity contribution in [2.45, 2.75) is 6.92 Å². The number of benzene rings is 1. The van der Waals surface area contributed by atoms with Gasteiger partial charge in [-0.05, 0) is 48.4 Å². The summed E-state index contributed by atoms with van der Waals surface area (Å²) in [5, 5.41) is 18.1. The van der Waals surface area contributed by atoms with Crippen LogP contribution in [0.2, 0.25) is 0 Å². The molecule has 0 atom stereocenters. The van der Waals surface area contributed by atoms with E-state index < -0.39 is 0 Å². The maximum absolute atomic E-state index is 9.23. The first-order valence-electron chi connectivity index (χ1n) is 6.19. The van der Waals surface area contributed by atoms with Gasteiger partial charge in [0.05, 0.1) is 12.6 Å². The van der Waals surface area contributed by atoms with Crippen LogP contribution < -0.4 is 0 Å². The van der Waals surface area contributed by atoms with Crippen molar-refractivity contribution in [3.05, 3.63) is 82.3 Å². The molecule has 0 aliphatic carbocycles. The molecule has 1 aromatic carbocycles. The molecule has 102 valence electrons. The average Bonchev–Trinajstić information content (AvgIpc) is 2.47. The van der Waals surface area contributed by atoms with Crippen LogP contribution in [0, 0.1) is 17.9 Å². The van der Waals surface area contributed by atoms with Crippen molar-refractivity contribution in [3.63, 3.8) is 0 Å². The van der Waals surface area contributed by atoms with Gasteiger partial charge in [0.2, 0.25) is 0 Å². The molecule has 0 aromatic heterocycles. The van der Waals surface area contributed by atoms with E-state index in [1.807, 2.05) is 12.1 Å². The molecule has 0 saturated carbocycles. The molecular formula is C17H12N2O2. The van der Waals surface area contributed by atoms with E-state index in [1.165, 1.54) is 0 Å². The zero-order valence-electron chi connectivity index (χ0n) is 11.4. The van der Waals surface area contributed by atoms with Crippen molar-refractivity contribution >= 4 is 6.08 Å². The van der Waals surface area contributed by atoms with Gasteiger partial charge in [-0.25, -0.2) is 10.1 Å². The molecule has 4 heteroatoms. The molecule has 0 spiro atoms. The molecule has 1 heterocycles. The molecule has 1 aliphatic heterocycles. The summed E-state index contributed by atoms with van der Waals surface area (Å²) in [5.74, 6) is 1.38. The fraction of sp³-hybridized carbons (Fsp3) is 0.0588. The fourth-order valence-electron chi connectivity index (χ4n) is 1.80. The molecule has 0 radical (unpaired) electrons. The normalized spacial score (nSPS) is 16.3. The number of phenols is 1. The van der Waals surface area contributed by atoms with Crippen LogP contribution in [0.5, 0.6) is 5.75 Å². The molecule has 0 fully saturated rings. The van der Waals surface area contributed by atoms with E-state index in [0.29, 0.717) is 17.1 Å². The van der Waals surface area contributed by atoms with Gasteiger partial charge in [0, 0.05) is 0 Å². The predicted octanol–water partition coefficient (Wildman–Crippen LogP) is 3.92. The van der Waals surface area contributed by atoms with Gasteiger partial charge in [-0.3, -0.25) is 0 Å². The number of nitriles is 1. The van der Waals surface area contributed by atoms with Crippen LogP contribution in [0.25, 0.3) is 10.9 Å². The largest absolute Gasteiger partial charge is 0.508 e. The summed E-state index contributed by atoms with van der Waals surface area (Å²) in [6.07, 6.45) is 6.89. The molecule has 1 aliphatic rings. The Kier molecular flexibility index (Phi) is 4.23. The number of ether oxygens (including phenoxy) is 1. The molecule has 1 aromatic rings. The van der Waals surface area contributed by atoms with Gasteiger partial charge in [0.15, 0.2) is 0 Å². The van der Waals surface area contributed by atoms with E-state index in [4.69, 9.17) is 16.6 Å². The third kappa shape index (κ3) is 3.62. The van der Waals surface area contributed by atoms with Crippen LogP contribution in [0.15, 0.2) is 65.3 Å². The zero-order chi connectivity index (χ0) is 15.2. The number of nitrogens with zero attached hydrogens (tertiary/aromatic N) is 2. The number of hydrogen-bond donors (Lipinski definition) is 1. The van der Waals surface area contributed by atoms with Gasteiger partial charge in [0.25, 0.3) is 5.70 Å². The Morgan fingerprint density at radius 1 is 1.29 bits per heavy atom. The summed E-state index contributed by atoms with van der Waals surface area (Å²) in [6.45, 7) is 8.75. The smallest absolute Gasteiger partial charge is 0.269 e. The van der Waals surface area contributed by atoms with E-state index in [2.05, 4.69) is 4.85 Å². The molecule has 0 amide bonds. The lowest BCUT2D eigenvalue weighted by atomic mass is 10.1. The summed E-state index contributed by atoms with van der Waals surface area (Å²) in [6, 6.07) is 8.61. The van der Waals surface area contributed by atoms with Crippen molar-refractivity contribution in [2.24, 2.45) is 0 Å². The minimum Gasteiger partial charge on any atom is -0.508 e. The highest BCUT2D eigenvalue weighted by molar-refractivity contribution is 5.56. The Labute approximate surface area is 123 Å². The average molecular weight is 276 g/mol. The number of aromatic hydroxyl groups is 1. The maximum Gasteiger partial charge on any atom is 0.269 e. The lowest BCUT2D eigenvalue weighted by Crippen LogP contribution is -1.96.